The fraction of sp³-hybridized carbons (Fsp3) is 0.609. The predicted molar refractivity (Wildman–Crippen MR) is 125 cm³/mol. The summed E-state index contributed by atoms with van der Waals surface area (Å²) in [7, 11) is 1.44. The van der Waals surface area contributed by atoms with Gasteiger partial charge in [-0.2, -0.15) is 0 Å². The van der Waals surface area contributed by atoms with Crippen LogP contribution in [-0.2, 0) is 9.53 Å². The molecule has 1 aliphatic heterocycles. The Morgan fingerprint density at radius 3 is 2.57 bits per heavy atom. The summed E-state index contributed by atoms with van der Waals surface area (Å²) in [6.07, 6.45) is 23.6. The van der Waals surface area contributed by atoms with Gasteiger partial charge < -0.3 is 9.84 Å². The van der Waals surface area contributed by atoms with Gasteiger partial charge in [0.05, 0.1) is 17.3 Å². The number of esters is 1. The van der Waals surface area contributed by atoms with Crippen molar-refractivity contribution in [1.29, 1.82) is 0 Å². The van der Waals surface area contributed by atoms with E-state index in [4.69, 9.17) is 4.74 Å². The molecule has 1 fully saturated rings. The van der Waals surface area contributed by atoms with Gasteiger partial charge in [-0.1, -0.05) is 68.4 Å². The van der Waals surface area contributed by atoms with Crippen LogP contribution in [0.25, 0.3) is 0 Å². The average molecular weight is 425 g/mol. The van der Waals surface area contributed by atoms with E-state index in [0.717, 1.165) is 30.8 Å². The second-order valence-corrected chi connectivity index (χ2v) is 9.95. The smallest absolute Gasteiger partial charge is 0.305 e. The number of aliphatic hydroxyl groups is 1. The molecule has 3 nitrogen and oxygen atoms in total. The maximum Gasteiger partial charge on any atom is 0.305 e. The highest BCUT2D eigenvalue weighted by Gasteiger charge is 2.32. The largest absolute Gasteiger partial charge is 0.469 e. The van der Waals surface area contributed by atoms with Gasteiger partial charge in [-0.05, 0) is 32.1 Å². The third-order valence-electron chi connectivity index (χ3n) is 4.45. The second-order valence-electron chi connectivity index (χ2n) is 6.84. The molecule has 1 saturated heterocycles. The Morgan fingerprint density at radius 1 is 1.11 bits per heavy atom. The van der Waals surface area contributed by atoms with Crippen molar-refractivity contribution >= 4 is 29.5 Å². The second kappa shape index (κ2) is 15.9. The Labute approximate surface area is 179 Å². The van der Waals surface area contributed by atoms with Crippen molar-refractivity contribution in [1.82, 2.24) is 0 Å². The van der Waals surface area contributed by atoms with Gasteiger partial charge in [0.1, 0.15) is 0 Å². The maximum atomic E-state index is 11.3. The third-order valence-corrected chi connectivity index (χ3v) is 7.88. The normalized spacial score (nSPS) is 18.1. The van der Waals surface area contributed by atoms with Crippen molar-refractivity contribution in [2.24, 2.45) is 0 Å². The lowest BCUT2D eigenvalue weighted by Gasteiger charge is -2.22. The minimum absolute atomic E-state index is 0.0736. The van der Waals surface area contributed by atoms with Crippen LogP contribution in [0.1, 0.15) is 58.3 Å². The van der Waals surface area contributed by atoms with Gasteiger partial charge >= 0.3 is 5.97 Å². The van der Waals surface area contributed by atoms with Crippen LogP contribution >= 0.6 is 23.5 Å². The van der Waals surface area contributed by atoms with Gasteiger partial charge in [-0.3, -0.25) is 4.79 Å². The molecule has 0 aliphatic carbocycles. The zero-order chi connectivity index (χ0) is 20.5. The van der Waals surface area contributed by atoms with E-state index in [-0.39, 0.29) is 10.0 Å². The van der Waals surface area contributed by atoms with E-state index in [2.05, 4.69) is 31.2 Å². The minimum Gasteiger partial charge on any atom is -0.469 e. The van der Waals surface area contributed by atoms with Gasteiger partial charge in [0.15, 0.2) is 0 Å². The summed E-state index contributed by atoms with van der Waals surface area (Å²) >= 11 is 3.92. The molecule has 0 bridgehead atoms. The number of rotatable bonds is 14. The van der Waals surface area contributed by atoms with E-state index in [1.807, 2.05) is 47.8 Å². The molecular formula is C23H36O3S2. The number of carbonyl (C=O) groups is 1. The number of hydrogen-bond acceptors (Lipinski definition) is 5. The summed E-state index contributed by atoms with van der Waals surface area (Å²) < 4.78 is 4.80. The Morgan fingerprint density at radius 2 is 1.86 bits per heavy atom. The predicted octanol–water partition coefficient (Wildman–Crippen LogP) is 6.06. The number of methoxy groups -OCH3 is 1. The molecule has 0 radical (unpaired) electrons. The van der Waals surface area contributed by atoms with Crippen LogP contribution in [0.5, 0.6) is 0 Å². The Bertz CT molecular complexity index is 532. The number of carbonyl (C=O) groups excluding carboxylic acids is 1. The van der Waals surface area contributed by atoms with Crippen LogP contribution in [0.3, 0.4) is 0 Å². The summed E-state index contributed by atoms with van der Waals surface area (Å²) in [5.41, 5.74) is 0. The molecule has 0 aromatic heterocycles. The molecule has 1 atom stereocenters. The van der Waals surface area contributed by atoms with E-state index in [0.29, 0.717) is 12.8 Å². The highest BCUT2D eigenvalue weighted by molar-refractivity contribution is 8.21. The molecule has 1 rings (SSSR count). The number of allylic oxidation sites excluding steroid dienone is 5. The Hall–Kier alpha value is -0.910. The molecule has 158 valence electrons. The monoisotopic (exact) mass is 424 g/mol. The molecule has 0 aromatic rings. The van der Waals surface area contributed by atoms with E-state index in [1.54, 1.807) is 0 Å². The summed E-state index contributed by atoms with van der Waals surface area (Å²) in [5.74, 6) is 2.16. The number of ether oxygens (including phenoxy) is 1. The summed E-state index contributed by atoms with van der Waals surface area (Å²) in [6.45, 7) is 2.21. The minimum atomic E-state index is -0.429. The highest BCUT2D eigenvalue weighted by atomic mass is 32.2. The van der Waals surface area contributed by atoms with Gasteiger partial charge in [-0.25, -0.2) is 0 Å². The fourth-order valence-corrected chi connectivity index (χ4v) is 5.96. The summed E-state index contributed by atoms with van der Waals surface area (Å²) in [4.78, 5) is 11.3. The quantitative estimate of drug-likeness (QED) is 0.159. The lowest BCUT2D eigenvalue weighted by Crippen LogP contribution is -2.14. The Balaban J connectivity index is 2.33. The summed E-state index contributed by atoms with van der Waals surface area (Å²) in [6, 6.07) is 0. The van der Waals surface area contributed by atoms with Crippen LogP contribution < -0.4 is 0 Å². The number of thioether (sulfide) groups is 2. The van der Waals surface area contributed by atoms with E-state index in [9.17, 15) is 9.90 Å². The number of hydrogen-bond donors (Lipinski definition) is 1. The highest BCUT2D eigenvalue weighted by Crippen LogP contribution is 2.48. The standard InChI is InChI=1S/C23H36O3S2/c1-3-4-5-6-7-10-14-21(24)15-11-8-9-12-17-23(27-19-20-28-23)18-13-16-22(25)26-2/h7-12,15,17,21,24H,3-6,13-14,16,18-20H2,1-2H3/b9-8+,10-7-,15-11+,17-12+/t21-/m0/s1. The Kier molecular flexibility index (Phi) is 14.3. The van der Waals surface area contributed by atoms with Gasteiger partial charge in [-0.15, -0.1) is 23.5 Å². The van der Waals surface area contributed by atoms with Crippen molar-refractivity contribution in [3.63, 3.8) is 0 Å². The first-order valence-corrected chi connectivity index (χ1v) is 12.3. The first-order chi connectivity index (χ1) is 13.6. The molecule has 28 heavy (non-hydrogen) atoms. The van der Waals surface area contributed by atoms with Gasteiger partial charge in [0.25, 0.3) is 0 Å². The maximum absolute atomic E-state index is 11.3. The zero-order valence-electron chi connectivity index (χ0n) is 17.3. The molecule has 1 heterocycles. The van der Waals surface area contributed by atoms with Crippen LogP contribution in [0, 0.1) is 0 Å². The first kappa shape index (κ1) is 25.1. The third kappa shape index (κ3) is 11.8. The molecule has 5 heteroatoms. The molecule has 0 unspecified atom stereocenters. The van der Waals surface area contributed by atoms with Crippen LogP contribution in [0.4, 0.5) is 0 Å². The van der Waals surface area contributed by atoms with Crippen molar-refractivity contribution < 1.29 is 14.6 Å². The zero-order valence-corrected chi connectivity index (χ0v) is 19.0. The molecular weight excluding hydrogens is 388 g/mol. The SMILES string of the molecule is CCCCC/C=C\C[C@H](O)/C=C/C=C/C=C/C1(CCCC(=O)OC)SCCS1. The van der Waals surface area contributed by atoms with E-state index in [1.165, 1.54) is 26.4 Å². The molecule has 1 N–H and O–H groups in total. The molecule has 0 spiro atoms. The van der Waals surface area contributed by atoms with Gasteiger partial charge in [0, 0.05) is 17.9 Å². The van der Waals surface area contributed by atoms with Gasteiger partial charge in [0.2, 0.25) is 0 Å². The van der Waals surface area contributed by atoms with E-state index < -0.39 is 6.10 Å². The topological polar surface area (TPSA) is 46.5 Å². The lowest BCUT2D eigenvalue weighted by molar-refractivity contribution is -0.140. The molecule has 0 saturated carbocycles. The molecule has 0 amide bonds. The van der Waals surface area contributed by atoms with Crippen LogP contribution in [0.2, 0.25) is 0 Å². The van der Waals surface area contributed by atoms with Crippen molar-refractivity contribution in [3.8, 4) is 0 Å². The number of unbranched alkanes of at least 4 members (excludes halogenated alkanes) is 3. The van der Waals surface area contributed by atoms with E-state index >= 15 is 0 Å². The fourth-order valence-electron chi connectivity index (χ4n) is 2.84. The first-order valence-electron chi connectivity index (χ1n) is 10.3. The van der Waals surface area contributed by atoms with Crippen LogP contribution in [0.15, 0.2) is 48.6 Å². The molecule has 0 aromatic carbocycles. The van der Waals surface area contributed by atoms with Crippen molar-refractivity contribution in [2.45, 2.75) is 68.5 Å². The molecule has 1 aliphatic rings. The van der Waals surface area contributed by atoms with Crippen molar-refractivity contribution in [2.75, 3.05) is 18.6 Å². The average Bonchev–Trinajstić information content (AvgIpc) is 3.16. The summed E-state index contributed by atoms with van der Waals surface area (Å²) in [5, 5.41) is 9.95. The number of aliphatic hydroxyl groups excluding tert-OH is 1. The lowest BCUT2D eigenvalue weighted by atomic mass is 10.1. The van der Waals surface area contributed by atoms with Crippen LogP contribution in [-0.4, -0.2) is 39.9 Å². The van der Waals surface area contributed by atoms with Crippen molar-refractivity contribution in [3.05, 3.63) is 48.6 Å².